The number of rotatable bonds is 4. The van der Waals surface area contributed by atoms with Gasteiger partial charge < -0.3 is 16.2 Å². The van der Waals surface area contributed by atoms with Gasteiger partial charge in [0, 0.05) is 24.2 Å². The number of nitrogens with two attached hydrogens (primary N) is 1. The van der Waals surface area contributed by atoms with Gasteiger partial charge in [0.15, 0.2) is 0 Å². The molecule has 0 aliphatic carbocycles. The summed E-state index contributed by atoms with van der Waals surface area (Å²) in [4.78, 5) is 11.5. The summed E-state index contributed by atoms with van der Waals surface area (Å²) in [6, 6.07) is 1.90. The number of amides is 1. The molecule has 94 valence electrons. The third-order valence-corrected chi connectivity index (χ3v) is 2.24. The standard InChI is InChI=1S/C11H14F2N2O2/c1-6(16)10(14)5-15-11(17)7-2-8(12)4-9(13)3-7/h2-4,6,10,16H,5,14H2,1H3,(H,15,17). The van der Waals surface area contributed by atoms with E-state index in [1.165, 1.54) is 6.92 Å². The zero-order chi connectivity index (χ0) is 13.0. The number of hydrogen-bond acceptors (Lipinski definition) is 3. The van der Waals surface area contributed by atoms with Crippen molar-refractivity contribution in [3.8, 4) is 0 Å². The average molecular weight is 244 g/mol. The Labute approximate surface area is 97.4 Å². The predicted molar refractivity (Wildman–Crippen MR) is 58.3 cm³/mol. The Balaban J connectivity index is 2.64. The molecular formula is C11H14F2N2O2. The van der Waals surface area contributed by atoms with Crippen LogP contribution in [-0.4, -0.2) is 29.7 Å². The zero-order valence-corrected chi connectivity index (χ0v) is 9.28. The molecular weight excluding hydrogens is 230 g/mol. The molecule has 2 atom stereocenters. The maximum Gasteiger partial charge on any atom is 0.251 e. The average Bonchev–Trinajstić information content (AvgIpc) is 2.23. The normalized spacial score (nSPS) is 14.2. The number of carbonyl (C=O) groups is 1. The summed E-state index contributed by atoms with van der Waals surface area (Å²) in [6.45, 7) is 1.51. The Morgan fingerprint density at radius 1 is 1.41 bits per heavy atom. The molecule has 1 rings (SSSR count). The third kappa shape index (κ3) is 4.08. The molecule has 0 radical (unpaired) electrons. The summed E-state index contributed by atoms with van der Waals surface area (Å²) in [6.07, 6.45) is -0.778. The maximum atomic E-state index is 12.8. The van der Waals surface area contributed by atoms with Crippen LogP contribution in [-0.2, 0) is 0 Å². The van der Waals surface area contributed by atoms with Crippen LogP contribution in [0.3, 0.4) is 0 Å². The van der Waals surface area contributed by atoms with Gasteiger partial charge in [0.1, 0.15) is 11.6 Å². The van der Waals surface area contributed by atoms with Gasteiger partial charge >= 0.3 is 0 Å². The molecule has 1 amide bonds. The Bertz CT molecular complexity index is 390. The first-order valence-electron chi connectivity index (χ1n) is 5.08. The minimum absolute atomic E-state index is 0.0225. The van der Waals surface area contributed by atoms with Crippen LogP contribution in [0.15, 0.2) is 18.2 Å². The highest BCUT2D eigenvalue weighted by atomic mass is 19.1. The second-order valence-electron chi connectivity index (χ2n) is 3.77. The second-order valence-corrected chi connectivity index (χ2v) is 3.77. The molecule has 0 bridgehead atoms. The fourth-order valence-electron chi connectivity index (χ4n) is 1.17. The number of benzene rings is 1. The number of nitrogens with one attached hydrogen (secondary N) is 1. The molecule has 1 aromatic rings. The molecule has 4 nitrogen and oxygen atoms in total. The summed E-state index contributed by atoms with van der Waals surface area (Å²) < 4.78 is 25.7. The molecule has 4 N–H and O–H groups in total. The van der Waals surface area contributed by atoms with Crippen LogP contribution in [0.5, 0.6) is 0 Å². The Morgan fingerprint density at radius 3 is 2.41 bits per heavy atom. The molecule has 0 saturated carbocycles. The van der Waals surface area contributed by atoms with E-state index in [1.54, 1.807) is 0 Å². The lowest BCUT2D eigenvalue weighted by Gasteiger charge is -2.15. The van der Waals surface area contributed by atoms with Crippen LogP contribution in [0.2, 0.25) is 0 Å². The largest absolute Gasteiger partial charge is 0.392 e. The highest BCUT2D eigenvalue weighted by Gasteiger charge is 2.13. The highest BCUT2D eigenvalue weighted by molar-refractivity contribution is 5.94. The molecule has 0 heterocycles. The van der Waals surface area contributed by atoms with Crippen molar-refractivity contribution in [3.05, 3.63) is 35.4 Å². The van der Waals surface area contributed by atoms with Crippen molar-refractivity contribution in [3.63, 3.8) is 0 Å². The molecule has 2 unspecified atom stereocenters. The molecule has 0 fully saturated rings. The molecule has 0 aromatic heterocycles. The number of aliphatic hydroxyl groups is 1. The lowest BCUT2D eigenvalue weighted by Crippen LogP contribution is -2.43. The van der Waals surface area contributed by atoms with Crippen molar-refractivity contribution in [1.82, 2.24) is 5.32 Å². The smallest absolute Gasteiger partial charge is 0.251 e. The lowest BCUT2D eigenvalue weighted by atomic mass is 10.1. The van der Waals surface area contributed by atoms with Crippen LogP contribution >= 0.6 is 0 Å². The number of aliphatic hydroxyl groups excluding tert-OH is 1. The van der Waals surface area contributed by atoms with Gasteiger partial charge in [0.2, 0.25) is 0 Å². The first-order valence-corrected chi connectivity index (χ1v) is 5.08. The third-order valence-electron chi connectivity index (χ3n) is 2.24. The van der Waals surface area contributed by atoms with Crippen LogP contribution in [0.1, 0.15) is 17.3 Å². The van der Waals surface area contributed by atoms with E-state index in [-0.39, 0.29) is 12.1 Å². The van der Waals surface area contributed by atoms with Gasteiger partial charge in [-0.1, -0.05) is 0 Å². The van der Waals surface area contributed by atoms with Crippen LogP contribution < -0.4 is 11.1 Å². The predicted octanol–water partition coefficient (Wildman–Crippen LogP) is 0.403. The van der Waals surface area contributed by atoms with E-state index >= 15 is 0 Å². The number of carbonyl (C=O) groups excluding carboxylic acids is 1. The molecule has 0 aliphatic rings. The van der Waals surface area contributed by atoms with Crippen molar-refractivity contribution in [1.29, 1.82) is 0 Å². The highest BCUT2D eigenvalue weighted by Crippen LogP contribution is 2.07. The number of halogens is 2. The van der Waals surface area contributed by atoms with Gasteiger partial charge in [0.05, 0.1) is 6.10 Å². The topological polar surface area (TPSA) is 75.3 Å². The Hall–Kier alpha value is -1.53. The van der Waals surface area contributed by atoms with Crippen LogP contribution in [0.4, 0.5) is 8.78 Å². The van der Waals surface area contributed by atoms with E-state index in [9.17, 15) is 13.6 Å². The first-order chi connectivity index (χ1) is 7.90. The summed E-state index contributed by atoms with van der Waals surface area (Å²) >= 11 is 0. The van der Waals surface area contributed by atoms with Gasteiger partial charge in [-0.05, 0) is 19.1 Å². The molecule has 0 aliphatic heterocycles. The maximum absolute atomic E-state index is 12.8. The molecule has 0 saturated heterocycles. The van der Waals surface area contributed by atoms with Crippen molar-refractivity contribution in [2.45, 2.75) is 19.1 Å². The van der Waals surface area contributed by atoms with Gasteiger partial charge in [-0.2, -0.15) is 0 Å². The van der Waals surface area contributed by atoms with Gasteiger partial charge in [-0.3, -0.25) is 4.79 Å². The van der Waals surface area contributed by atoms with Gasteiger partial charge in [0.25, 0.3) is 5.91 Å². The van der Waals surface area contributed by atoms with E-state index in [0.717, 1.165) is 12.1 Å². The Kier molecular flexibility index (Phi) is 4.53. The van der Waals surface area contributed by atoms with E-state index < -0.39 is 29.7 Å². The molecule has 1 aromatic carbocycles. The Morgan fingerprint density at radius 2 is 1.94 bits per heavy atom. The van der Waals surface area contributed by atoms with Crippen molar-refractivity contribution in [2.24, 2.45) is 5.73 Å². The summed E-state index contributed by atoms with van der Waals surface area (Å²) in [7, 11) is 0. The summed E-state index contributed by atoms with van der Waals surface area (Å²) in [5.41, 5.74) is 5.37. The quantitative estimate of drug-likeness (QED) is 0.717. The van der Waals surface area contributed by atoms with Crippen molar-refractivity contribution in [2.75, 3.05) is 6.54 Å². The fourth-order valence-corrected chi connectivity index (χ4v) is 1.17. The molecule has 17 heavy (non-hydrogen) atoms. The zero-order valence-electron chi connectivity index (χ0n) is 9.28. The van der Waals surface area contributed by atoms with E-state index in [0.29, 0.717) is 6.07 Å². The van der Waals surface area contributed by atoms with E-state index in [2.05, 4.69) is 5.32 Å². The van der Waals surface area contributed by atoms with Crippen molar-refractivity contribution >= 4 is 5.91 Å². The second kappa shape index (κ2) is 5.70. The molecule has 6 heteroatoms. The monoisotopic (exact) mass is 244 g/mol. The van der Waals surface area contributed by atoms with Gasteiger partial charge in [-0.25, -0.2) is 8.78 Å². The number of hydrogen-bond donors (Lipinski definition) is 3. The van der Waals surface area contributed by atoms with E-state index in [1.807, 2.05) is 0 Å². The van der Waals surface area contributed by atoms with Crippen LogP contribution in [0, 0.1) is 11.6 Å². The minimum atomic E-state index is -0.824. The summed E-state index contributed by atoms with van der Waals surface area (Å²) in [5.74, 6) is -2.29. The van der Waals surface area contributed by atoms with Crippen molar-refractivity contribution < 1.29 is 18.7 Å². The summed E-state index contributed by atoms with van der Waals surface area (Å²) in [5, 5.41) is 11.5. The van der Waals surface area contributed by atoms with E-state index in [4.69, 9.17) is 10.8 Å². The lowest BCUT2D eigenvalue weighted by molar-refractivity contribution is 0.0936. The fraction of sp³-hybridized carbons (Fsp3) is 0.364. The minimum Gasteiger partial charge on any atom is -0.392 e. The van der Waals surface area contributed by atoms with Gasteiger partial charge in [-0.15, -0.1) is 0 Å². The van der Waals surface area contributed by atoms with Crippen LogP contribution in [0.25, 0.3) is 0 Å². The SMILES string of the molecule is CC(O)C(N)CNC(=O)c1cc(F)cc(F)c1. The molecule has 0 spiro atoms. The first kappa shape index (κ1) is 13.5.